The van der Waals surface area contributed by atoms with Crippen LogP contribution in [0.25, 0.3) is 0 Å². The topological polar surface area (TPSA) is 42.1 Å². The molecule has 0 atom stereocenters. The van der Waals surface area contributed by atoms with Crippen molar-refractivity contribution in [1.82, 2.24) is 9.88 Å². The molecule has 2 N–H and O–H groups in total. The third kappa shape index (κ3) is 3.81. The van der Waals surface area contributed by atoms with Gasteiger partial charge in [0.15, 0.2) is 0 Å². The highest BCUT2D eigenvalue weighted by atomic mass is 35.5. The molecule has 0 spiro atoms. The molecule has 2 rings (SSSR count). The number of hydrogen-bond donors (Lipinski definition) is 1. The van der Waals surface area contributed by atoms with Crippen LogP contribution in [0.2, 0.25) is 0 Å². The van der Waals surface area contributed by atoms with E-state index in [-0.39, 0.29) is 24.8 Å². The molecule has 5 heteroatoms. The van der Waals surface area contributed by atoms with Crippen molar-refractivity contribution >= 4 is 30.6 Å². The van der Waals surface area contributed by atoms with Crippen LogP contribution >= 0.6 is 24.8 Å². The summed E-state index contributed by atoms with van der Waals surface area (Å²) in [5.74, 6) is 1.25. The smallest absolute Gasteiger partial charge is 0.123 e. The summed E-state index contributed by atoms with van der Waals surface area (Å²) < 4.78 is 0. The van der Waals surface area contributed by atoms with Gasteiger partial charge >= 0.3 is 0 Å². The van der Waals surface area contributed by atoms with Crippen LogP contribution in [-0.2, 0) is 0 Å². The highest BCUT2D eigenvalue weighted by molar-refractivity contribution is 5.85. The Balaban J connectivity index is 0.00000112. The fourth-order valence-corrected chi connectivity index (χ4v) is 2.00. The van der Waals surface area contributed by atoms with E-state index in [1.807, 2.05) is 12.1 Å². The molecule has 1 aromatic rings. The summed E-state index contributed by atoms with van der Waals surface area (Å²) in [7, 11) is 2.17. The van der Waals surface area contributed by atoms with E-state index in [2.05, 4.69) is 23.0 Å². The minimum Gasteiger partial charge on any atom is -0.384 e. The van der Waals surface area contributed by atoms with Crippen molar-refractivity contribution in [1.29, 1.82) is 0 Å². The second kappa shape index (κ2) is 6.94. The Bertz CT molecular complexity index is 312. The number of halogens is 2. The average Bonchev–Trinajstić information content (AvgIpc) is 2.19. The van der Waals surface area contributed by atoms with Gasteiger partial charge in [0.05, 0.1) is 0 Å². The number of anilines is 1. The summed E-state index contributed by atoms with van der Waals surface area (Å²) in [4.78, 5) is 6.75. The fourth-order valence-electron chi connectivity index (χ4n) is 2.00. The zero-order chi connectivity index (χ0) is 9.97. The molecule has 92 valence electrons. The molecule has 2 heterocycles. The van der Waals surface area contributed by atoms with E-state index in [0.717, 1.165) is 5.69 Å². The van der Waals surface area contributed by atoms with Crippen LogP contribution in [0, 0.1) is 0 Å². The van der Waals surface area contributed by atoms with Crippen molar-refractivity contribution in [3.8, 4) is 0 Å². The number of aromatic nitrogens is 1. The first-order valence-corrected chi connectivity index (χ1v) is 5.16. The molecule has 1 aromatic heterocycles. The SMILES string of the molecule is CN1CCC(c2cccc(N)n2)CC1.Cl.Cl. The van der Waals surface area contributed by atoms with Gasteiger partial charge in [-0.1, -0.05) is 6.07 Å². The number of nitrogens with zero attached hydrogens (tertiary/aromatic N) is 2. The Morgan fingerprint density at radius 2 is 1.88 bits per heavy atom. The lowest BCUT2D eigenvalue weighted by Crippen LogP contribution is -2.29. The number of pyridine rings is 1. The van der Waals surface area contributed by atoms with Gasteiger partial charge < -0.3 is 10.6 Å². The molecule has 16 heavy (non-hydrogen) atoms. The van der Waals surface area contributed by atoms with Crippen molar-refractivity contribution in [3.05, 3.63) is 23.9 Å². The summed E-state index contributed by atoms with van der Waals surface area (Å²) in [6, 6.07) is 5.93. The van der Waals surface area contributed by atoms with Gasteiger partial charge in [-0.15, -0.1) is 24.8 Å². The van der Waals surface area contributed by atoms with Crippen LogP contribution in [0.5, 0.6) is 0 Å². The fraction of sp³-hybridized carbons (Fsp3) is 0.545. The second-order valence-electron chi connectivity index (χ2n) is 4.06. The van der Waals surface area contributed by atoms with Gasteiger partial charge in [0.2, 0.25) is 0 Å². The predicted octanol–water partition coefficient (Wildman–Crippen LogP) is 2.32. The monoisotopic (exact) mass is 263 g/mol. The number of hydrogen-bond acceptors (Lipinski definition) is 3. The highest BCUT2D eigenvalue weighted by Gasteiger charge is 2.19. The Kier molecular flexibility index (Phi) is 6.72. The number of nitrogen functional groups attached to an aromatic ring is 1. The Morgan fingerprint density at radius 1 is 1.25 bits per heavy atom. The quantitative estimate of drug-likeness (QED) is 0.846. The van der Waals surface area contributed by atoms with Crippen LogP contribution in [0.15, 0.2) is 18.2 Å². The Hall–Kier alpha value is -0.510. The molecule has 0 unspecified atom stereocenters. The summed E-state index contributed by atoms with van der Waals surface area (Å²) >= 11 is 0. The number of rotatable bonds is 1. The normalized spacial score (nSPS) is 17.3. The van der Waals surface area contributed by atoms with Gasteiger partial charge in [0, 0.05) is 11.6 Å². The van der Waals surface area contributed by atoms with E-state index in [0.29, 0.717) is 11.7 Å². The standard InChI is InChI=1S/C11H17N3.2ClH/c1-14-7-5-9(6-8-14)10-3-2-4-11(12)13-10;;/h2-4,9H,5-8H2,1H3,(H2,12,13);2*1H. The summed E-state index contributed by atoms with van der Waals surface area (Å²) in [5.41, 5.74) is 6.84. The molecule has 1 aliphatic heterocycles. The van der Waals surface area contributed by atoms with Crippen molar-refractivity contribution in [2.24, 2.45) is 0 Å². The van der Waals surface area contributed by atoms with E-state index in [4.69, 9.17) is 5.73 Å². The first kappa shape index (κ1) is 15.5. The molecule has 0 aromatic carbocycles. The number of likely N-dealkylation sites (tertiary alicyclic amines) is 1. The molecule has 0 aliphatic carbocycles. The number of nitrogens with two attached hydrogens (primary N) is 1. The minimum absolute atomic E-state index is 0. The van der Waals surface area contributed by atoms with Gasteiger partial charge in [-0.05, 0) is 45.1 Å². The lowest BCUT2D eigenvalue weighted by molar-refractivity contribution is 0.253. The van der Waals surface area contributed by atoms with Crippen LogP contribution in [0.3, 0.4) is 0 Å². The molecule has 1 saturated heterocycles. The largest absolute Gasteiger partial charge is 0.384 e. The van der Waals surface area contributed by atoms with E-state index >= 15 is 0 Å². The summed E-state index contributed by atoms with van der Waals surface area (Å²) in [5, 5.41) is 0. The molecule has 3 nitrogen and oxygen atoms in total. The van der Waals surface area contributed by atoms with Gasteiger partial charge in [-0.3, -0.25) is 0 Å². The second-order valence-corrected chi connectivity index (χ2v) is 4.06. The molecule has 1 fully saturated rings. The first-order chi connectivity index (χ1) is 6.75. The maximum absolute atomic E-state index is 5.67. The van der Waals surface area contributed by atoms with E-state index in [1.165, 1.54) is 25.9 Å². The Labute approximate surface area is 109 Å². The lowest BCUT2D eigenvalue weighted by atomic mass is 9.93. The summed E-state index contributed by atoms with van der Waals surface area (Å²) in [6.45, 7) is 2.34. The molecule has 0 radical (unpaired) electrons. The van der Waals surface area contributed by atoms with E-state index < -0.39 is 0 Å². The van der Waals surface area contributed by atoms with E-state index in [9.17, 15) is 0 Å². The Morgan fingerprint density at radius 3 is 2.44 bits per heavy atom. The van der Waals surface area contributed by atoms with Crippen LogP contribution < -0.4 is 5.73 Å². The zero-order valence-corrected chi connectivity index (χ0v) is 11.1. The van der Waals surface area contributed by atoms with Gasteiger partial charge in [-0.25, -0.2) is 4.98 Å². The van der Waals surface area contributed by atoms with Crippen LogP contribution in [0.1, 0.15) is 24.5 Å². The minimum atomic E-state index is 0. The molecular weight excluding hydrogens is 245 g/mol. The zero-order valence-electron chi connectivity index (χ0n) is 9.43. The molecule has 0 saturated carbocycles. The van der Waals surface area contributed by atoms with Gasteiger partial charge in [0.25, 0.3) is 0 Å². The predicted molar refractivity (Wildman–Crippen MR) is 72.6 cm³/mol. The average molecular weight is 264 g/mol. The van der Waals surface area contributed by atoms with Gasteiger partial charge in [0.1, 0.15) is 5.82 Å². The maximum Gasteiger partial charge on any atom is 0.123 e. The van der Waals surface area contributed by atoms with Crippen LogP contribution in [-0.4, -0.2) is 30.0 Å². The van der Waals surface area contributed by atoms with Crippen molar-refractivity contribution < 1.29 is 0 Å². The number of piperidine rings is 1. The molecule has 0 bridgehead atoms. The van der Waals surface area contributed by atoms with E-state index in [1.54, 1.807) is 0 Å². The van der Waals surface area contributed by atoms with Crippen molar-refractivity contribution in [2.75, 3.05) is 25.9 Å². The molecule has 1 aliphatic rings. The lowest BCUT2D eigenvalue weighted by Gasteiger charge is -2.28. The van der Waals surface area contributed by atoms with Crippen molar-refractivity contribution in [2.45, 2.75) is 18.8 Å². The highest BCUT2D eigenvalue weighted by Crippen LogP contribution is 2.26. The first-order valence-electron chi connectivity index (χ1n) is 5.16. The summed E-state index contributed by atoms with van der Waals surface area (Å²) in [6.07, 6.45) is 2.40. The molecular formula is C11H19Cl2N3. The third-order valence-corrected chi connectivity index (χ3v) is 2.93. The van der Waals surface area contributed by atoms with Gasteiger partial charge in [-0.2, -0.15) is 0 Å². The maximum atomic E-state index is 5.67. The third-order valence-electron chi connectivity index (χ3n) is 2.93. The van der Waals surface area contributed by atoms with Crippen LogP contribution in [0.4, 0.5) is 5.82 Å². The molecule has 0 amide bonds. The van der Waals surface area contributed by atoms with Crippen molar-refractivity contribution in [3.63, 3.8) is 0 Å².